The van der Waals surface area contributed by atoms with E-state index >= 15 is 0 Å². The number of benzene rings is 1. The van der Waals surface area contributed by atoms with Gasteiger partial charge in [-0.3, -0.25) is 4.79 Å². The zero-order chi connectivity index (χ0) is 12.3. The Morgan fingerprint density at radius 1 is 1.56 bits per heavy atom. The molecule has 88 valence electrons. The van der Waals surface area contributed by atoms with Crippen molar-refractivity contribution in [2.24, 2.45) is 5.73 Å². The van der Waals surface area contributed by atoms with Crippen LogP contribution in [-0.4, -0.2) is 18.2 Å². The van der Waals surface area contributed by atoms with Crippen molar-refractivity contribution in [2.75, 3.05) is 7.11 Å². The van der Waals surface area contributed by atoms with Gasteiger partial charge in [0.1, 0.15) is 0 Å². The molecular formula is C10H11F2NO3. The van der Waals surface area contributed by atoms with E-state index in [1.807, 2.05) is 0 Å². The molecule has 0 aliphatic rings. The Hall–Kier alpha value is -1.69. The monoisotopic (exact) mass is 231 g/mol. The molecule has 0 aromatic heterocycles. The molecule has 16 heavy (non-hydrogen) atoms. The molecule has 1 aromatic rings. The Bertz CT molecular complexity index is 409. The number of methoxy groups -OCH3 is 1. The number of carbonyl (C=O) groups is 1. The summed E-state index contributed by atoms with van der Waals surface area (Å²) in [5.74, 6) is -3.64. The molecule has 0 aliphatic heterocycles. The van der Waals surface area contributed by atoms with E-state index in [1.54, 1.807) is 0 Å². The highest BCUT2D eigenvalue weighted by molar-refractivity contribution is 5.67. The van der Waals surface area contributed by atoms with E-state index in [0.717, 1.165) is 6.07 Å². The normalized spacial score (nSPS) is 12.2. The summed E-state index contributed by atoms with van der Waals surface area (Å²) in [7, 11) is 1.18. The zero-order valence-electron chi connectivity index (χ0n) is 8.54. The average Bonchev–Trinajstić information content (AvgIpc) is 2.20. The van der Waals surface area contributed by atoms with E-state index in [0.29, 0.717) is 0 Å². The van der Waals surface area contributed by atoms with Gasteiger partial charge >= 0.3 is 5.97 Å². The molecule has 0 heterocycles. The summed E-state index contributed by atoms with van der Waals surface area (Å²) in [5.41, 5.74) is 5.69. The second kappa shape index (κ2) is 4.89. The number of carboxylic acid groups (broad SMARTS) is 1. The lowest BCUT2D eigenvalue weighted by atomic mass is 10.0. The molecule has 1 rings (SSSR count). The van der Waals surface area contributed by atoms with E-state index in [4.69, 9.17) is 10.8 Å². The van der Waals surface area contributed by atoms with E-state index in [9.17, 15) is 13.6 Å². The Morgan fingerprint density at radius 3 is 2.69 bits per heavy atom. The van der Waals surface area contributed by atoms with Gasteiger partial charge < -0.3 is 15.6 Å². The van der Waals surface area contributed by atoms with Crippen molar-refractivity contribution in [1.82, 2.24) is 0 Å². The number of carboxylic acids is 1. The van der Waals surface area contributed by atoms with E-state index in [-0.39, 0.29) is 17.7 Å². The molecule has 4 nitrogen and oxygen atoms in total. The Kier molecular flexibility index (Phi) is 3.78. The summed E-state index contributed by atoms with van der Waals surface area (Å²) in [6.45, 7) is 0. The van der Waals surface area contributed by atoms with Crippen LogP contribution in [0.4, 0.5) is 8.78 Å². The first-order valence-electron chi connectivity index (χ1n) is 4.46. The fourth-order valence-electron chi connectivity index (χ4n) is 1.25. The van der Waals surface area contributed by atoms with Crippen molar-refractivity contribution < 1.29 is 23.4 Å². The minimum Gasteiger partial charge on any atom is -0.494 e. The highest BCUT2D eigenvalue weighted by atomic mass is 19.2. The van der Waals surface area contributed by atoms with Crippen LogP contribution in [0.1, 0.15) is 18.0 Å². The molecule has 1 aromatic carbocycles. The van der Waals surface area contributed by atoms with Gasteiger partial charge in [-0.2, -0.15) is 4.39 Å². The highest BCUT2D eigenvalue weighted by Crippen LogP contribution is 2.25. The van der Waals surface area contributed by atoms with E-state index in [1.165, 1.54) is 13.2 Å². The number of hydrogen-bond donors (Lipinski definition) is 2. The third-order valence-electron chi connectivity index (χ3n) is 2.06. The van der Waals surface area contributed by atoms with Crippen LogP contribution >= 0.6 is 0 Å². The Labute approximate surface area is 90.6 Å². The summed E-state index contributed by atoms with van der Waals surface area (Å²) < 4.78 is 30.7. The van der Waals surface area contributed by atoms with Gasteiger partial charge in [0.15, 0.2) is 11.6 Å². The van der Waals surface area contributed by atoms with Crippen LogP contribution in [0.2, 0.25) is 0 Å². The summed E-state index contributed by atoms with van der Waals surface area (Å²) in [6, 6.07) is 1.15. The van der Waals surface area contributed by atoms with Crippen LogP contribution in [0.5, 0.6) is 5.75 Å². The number of ether oxygens (including phenoxy) is 1. The molecular weight excluding hydrogens is 220 g/mol. The SMILES string of the molecule is COc1cc(C(N)CC(=O)O)cc(F)c1F. The molecule has 0 radical (unpaired) electrons. The third kappa shape index (κ3) is 2.66. The molecule has 0 saturated heterocycles. The lowest BCUT2D eigenvalue weighted by Crippen LogP contribution is -2.15. The fourth-order valence-corrected chi connectivity index (χ4v) is 1.25. The number of nitrogens with two attached hydrogens (primary N) is 1. The van der Waals surface area contributed by atoms with Crippen molar-refractivity contribution in [3.05, 3.63) is 29.3 Å². The molecule has 0 saturated carbocycles. The molecule has 6 heteroatoms. The van der Waals surface area contributed by atoms with Crippen molar-refractivity contribution >= 4 is 5.97 Å². The first-order chi connectivity index (χ1) is 7.45. The number of hydrogen-bond acceptors (Lipinski definition) is 3. The van der Waals surface area contributed by atoms with Crippen LogP contribution in [0.3, 0.4) is 0 Å². The molecule has 0 spiro atoms. The predicted molar refractivity (Wildman–Crippen MR) is 52.1 cm³/mol. The Balaban J connectivity index is 3.05. The highest BCUT2D eigenvalue weighted by Gasteiger charge is 2.17. The van der Waals surface area contributed by atoms with Crippen LogP contribution in [0.15, 0.2) is 12.1 Å². The maximum Gasteiger partial charge on any atom is 0.305 e. The maximum absolute atomic E-state index is 13.1. The number of halogens is 2. The largest absolute Gasteiger partial charge is 0.494 e. The van der Waals surface area contributed by atoms with Gasteiger partial charge in [0.2, 0.25) is 5.82 Å². The lowest BCUT2D eigenvalue weighted by molar-refractivity contribution is -0.137. The van der Waals surface area contributed by atoms with Crippen LogP contribution in [0.25, 0.3) is 0 Å². The zero-order valence-corrected chi connectivity index (χ0v) is 8.54. The molecule has 1 unspecified atom stereocenters. The van der Waals surface area contributed by atoms with Gasteiger partial charge in [-0.1, -0.05) is 0 Å². The summed E-state index contributed by atoms with van der Waals surface area (Å²) >= 11 is 0. The number of rotatable bonds is 4. The van der Waals surface area contributed by atoms with E-state index < -0.39 is 23.6 Å². The standard InChI is InChI=1S/C10H11F2NO3/c1-16-8-3-5(2-6(11)10(8)12)7(13)4-9(14)15/h2-3,7H,4,13H2,1H3,(H,14,15). The van der Waals surface area contributed by atoms with Gasteiger partial charge in [0.25, 0.3) is 0 Å². The van der Waals surface area contributed by atoms with Crippen molar-refractivity contribution in [3.63, 3.8) is 0 Å². The molecule has 3 N–H and O–H groups in total. The van der Waals surface area contributed by atoms with Crippen molar-refractivity contribution in [1.29, 1.82) is 0 Å². The minimum absolute atomic E-state index is 0.179. The van der Waals surface area contributed by atoms with Crippen molar-refractivity contribution in [3.8, 4) is 5.75 Å². The molecule has 0 fully saturated rings. The predicted octanol–water partition coefficient (Wildman–Crippen LogP) is 1.45. The van der Waals surface area contributed by atoms with Gasteiger partial charge in [-0.15, -0.1) is 0 Å². The summed E-state index contributed by atoms with van der Waals surface area (Å²) in [4.78, 5) is 10.4. The minimum atomic E-state index is -1.12. The second-order valence-electron chi connectivity index (χ2n) is 3.22. The maximum atomic E-state index is 13.1. The van der Waals surface area contributed by atoms with E-state index in [2.05, 4.69) is 4.74 Å². The first-order valence-corrected chi connectivity index (χ1v) is 4.46. The summed E-state index contributed by atoms with van der Waals surface area (Å²) in [6.07, 6.45) is -0.367. The lowest BCUT2D eigenvalue weighted by Gasteiger charge is -2.11. The van der Waals surface area contributed by atoms with Gasteiger partial charge in [-0.25, -0.2) is 4.39 Å². The molecule has 0 amide bonds. The van der Waals surface area contributed by atoms with Crippen LogP contribution in [0, 0.1) is 11.6 Å². The third-order valence-corrected chi connectivity index (χ3v) is 2.06. The molecule has 0 bridgehead atoms. The second-order valence-corrected chi connectivity index (χ2v) is 3.22. The Morgan fingerprint density at radius 2 is 2.19 bits per heavy atom. The van der Waals surface area contributed by atoms with Gasteiger partial charge in [0.05, 0.1) is 13.5 Å². The fraction of sp³-hybridized carbons (Fsp3) is 0.300. The van der Waals surface area contributed by atoms with Crippen LogP contribution < -0.4 is 10.5 Å². The van der Waals surface area contributed by atoms with Gasteiger partial charge in [-0.05, 0) is 17.7 Å². The van der Waals surface area contributed by atoms with Gasteiger partial charge in [0, 0.05) is 6.04 Å². The number of aliphatic carboxylic acids is 1. The molecule has 0 aliphatic carbocycles. The smallest absolute Gasteiger partial charge is 0.305 e. The first kappa shape index (κ1) is 12.4. The van der Waals surface area contributed by atoms with Crippen molar-refractivity contribution in [2.45, 2.75) is 12.5 Å². The van der Waals surface area contributed by atoms with Crippen LogP contribution in [-0.2, 0) is 4.79 Å². The average molecular weight is 231 g/mol. The summed E-state index contributed by atoms with van der Waals surface area (Å²) in [5, 5.41) is 8.52. The quantitative estimate of drug-likeness (QED) is 0.822. The molecule has 1 atom stereocenters. The topological polar surface area (TPSA) is 72.5 Å².